The van der Waals surface area contributed by atoms with E-state index in [1.165, 1.54) is 16.8 Å². The highest BCUT2D eigenvalue weighted by Crippen LogP contribution is 2.23. The maximum absolute atomic E-state index is 11.8. The number of benzene rings is 1. The molecule has 2 rings (SSSR count). The van der Waals surface area contributed by atoms with Gasteiger partial charge in [0.1, 0.15) is 24.0 Å². The van der Waals surface area contributed by atoms with Crippen LogP contribution in [0.2, 0.25) is 0 Å². The highest BCUT2D eigenvalue weighted by Gasteiger charge is 2.19. The summed E-state index contributed by atoms with van der Waals surface area (Å²) in [5.74, 6) is -0.401. The van der Waals surface area contributed by atoms with Crippen LogP contribution in [-0.4, -0.2) is 26.5 Å². The minimum Gasteiger partial charge on any atom is -0.508 e. The van der Waals surface area contributed by atoms with Crippen LogP contribution in [0.3, 0.4) is 0 Å². The SMILES string of the molecule is CC(C)(C)OC(=O)Cn1nc(C#N)c2ccc(O)cc21. The first-order valence-electron chi connectivity index (χ1n) is 6.11. The quantitative estimate of drug-likeness (QED) is 0.845. The van der Waals surface area contributed by atoms with E-state index in [1.807, 2.05) is 6.07 Å². The first-order valence-corrected chi connectivity index (χ1v) is 6.11. The second kappa shape index (κ2) is 4.85. The van der Waals surface area contributed by atoms with Crippen molar-refractivity contribution in [2.45, 2.75) is 32.9 Å². The number of phenolic OH excluding ortho intramolecular Hbond substituents is 1. The molecule has 2 aromatic rings. The van der Waals surface area contributed by atoms with Gasteiger partial charge in [-0.2, -0.15) is 10.4 Å². The first-order chi connectivity index (χ1) is 9.30. The summed E-state index contributed by atoms with van der Waals surface area (Å²) in [6, 6.07) is 6.51. The van der Waals surface area contributed by atoms with E-state index in [2.05, 4.69) is 5.10 Å². The Morgan fingerprint density at radius 2 is 2.20 bits per heavy atom. The number of carbonyl (C=O) groups excluding carboxylic acids is 1. The number of nitrogens with zero attached hydrogens (tertiary/aromatic N) is 3. The van der Waals surface area contributed by atoms with Crippen molar-refractivity contribution in [3.05, 3.63) is 23.9 Å². The van der Waals surface area contributed by atoms with Crippen LogP contribution in [-0.2, 0) is 16.1 Å². The lowest BCUT2D eigenvalue weighted by Crippen LogP contribution is -2.26. The zero-order valence-corrected chi connectivity index (χ0v) is 11.5. The van der Waals surface area contributed by atoms with E-state index in [1.54, 1.807) is 26.8 Å². The van der Waals surface area contributed by atoms with Crippen LogP contribution in [0.5, 0.6) is 5.75 Å². The van der Waals surface area contributed by atoms with E-state index in [9.17, 15) is 9.90 Å². The molecule has 1 aromatic heterocycles. The maximum Gasteiger partial charge on any atom is 0.328 e. The minimum atomic E-state index is -0.583. The molecule has 0 unspecified atom stereocenters. The first kappa shape index (κ1) is 13.9. The standard InChI is InChI=1S/C14H15N3O3/c1-14(2,3)20-13(19)8-17-12-6-9(18)4-5-10(12)11(7-15)16-17/h4-6,18H,8H2,1-3H3. The lowest BCUT2D eigenvalue weighted by atomic mass is 10.2. The third kappa shape index (κ3) is 2.88. The van der Waals surface area contributed by atoms with Gasteiger partial charge < -0.3 is 9.84 Å². The van der Waals surface area contributed by atoms with Gasteiger partial charge in [-0.25, -0.2) is 0 Å². The molecule has 0 radical (unpaired) electrons. The number of aromatic nitrogens is 2. The molecule has 0 bridgehead atoms. The van der Waals surface area contributed by atoms with Gasteiger partial charge in [-0.05, 0) is 32.9 Å². The van der Waals surface area contributed by atoms with Crippen molar-refractivity contribution >= 4 is 16.9 Å². The van der Waals surface area contributed by atoms with Gasteiger partial charge in [0.05, 0.1) is 5.52 Å². The predicted molar refractivity (Wildman–Crippen MR) is 72.0 cm³/mol. The van der Waals surface area contributed by atoms with Crippen LogP contribution in [0.4, 0.5) is 0 Å². The number of aromatic hydroxyl groups is 1. The van der Waals surface area contributed by atoms with E-state index in [0.717, 1.165) is 0 Å². The van der Waals surface area contributed by atoms with E-state index in [4.69, 9.17) is 10.00 Å². The smallest absolute Gasteiger partial charge is 0.328 e. The molecule has 0 aliphatic rings. The van der Waals surface area contributed by atoms with E-state index >= 15 is 0 Å². The van der Waals surface area contributed by atoms with Crippen molar-refractivity contribution in [2.75, 3.05) is 0 Å². The fourth-order valence-electron chi connectivity index (χ4n) is 1.86. The van der Waals surface area contributed by atoms with Gasteiger partial charge in [0.15, 0.2) is 5.69 Å². The van der Waals surface area contributed by atoms with Crippen molar-refractivity contribution in [2.24, 2.45) is 0 Å². The third-order valence-corrected chi connectivity index (χ3v) is 2.54. The lowest BCUT2D eigenvalue weighted by Gasteiger charge is -2.19. The molecule has 1 heterocycles. The van der Waals surface area contributed by atoms with Gasteiger partial charge in [0.2, 0.25) is 0 Å². The van der Waals surface area contributed by atoms with Gasteiger partial charge in [0, 0.05) is 11.5 Å². The molecule has 0 atom stereocenters. The number of ether oxygens (including phenoxy) is 1. The molecular weight excluding hydrogens is 258 g/mol. The third-order valence-electron chi connectivity index (χ3n) is 2.54. The number of esters is 1. The summed E-state index contributed by atoms with van der Waals surface area (Å²) in [5.41, 5.74) is 0.149. The fraction of sp³-hybridized carbons (Fsp3) is 0.357. The van der Waals surface area contributed by atoms with Crippen molar-refractivity contribution in [3.8, 4) is 11.8 Å². The molecule has 0 fully saturated rings. The number of hydrogen-bond donors (Lipinski definition) is 1. The topological polar surface area (TPSA) is 88.1 Å². The van der Waals surface area contributed by atoms with Crippen LogP contribution in [0.25, 0.3) is 10.9 Å². The summed E-state index contributed by atoms with van der Waals surface area (Å²) < 4.78 is 6.58. The molecule has 0 amide bonds. The second-order valence-corrected chi connectivity index (χ2v) is 5.41. The number of nitriles is 1. The highest BCUT2D eigenvalue weighted by molar-refractivity contribution is 5.86. The Labute approximate surface area is 116 Å². The molecular formula is C14H15N3O3. The number of rotatable bonds is 2. The molecule has 20 heavy (non-hydrogen) atoms. The van der Waals surface area contributed by atoms with E-state index in [0.29, 0.717) is 10.9 Å². The second-order valence-electron chi connectivity index (χ2n) is 5.41. The lowest BCUT2D eigenvalue weighted by molar-refractivity contribution is -0.155. The van der Waals surface area contributed by atoms with Crippen LogP contribution in [0.1, 0.15) is 26.5 Å². The monoisotopic (exact) mass is 273 g/mol. The van der Waals surface area contributed by atoms with Crippen molar-refractivity contribution < 1.29 is 14.6 Å². The van der Waals surface area contributed by atoms with Crippen molar-refractivity contribution in [1.82, 2.24) is 9.78 Å². The summed E-state index contributed by atoms with van der Waals surface area (Å²) in [6.45, 7) is 5.22. The maximum atomic E-state index is 11.8. The summed E-state index contributed by atoms with van der Waals surface area (Å²) in [5, 5.41) is 23.2. The average molecular weight is 273 g/mol. The summed E-state index contributed by atoms with van der Waals surface area (Å²) in [4.78, 5) is 11.8. The van der Waals surface area contributed by atoms with Gasteiger partial charge >= 0.3 is 5.97 Å². The zero-order chi connectivity index (χ0) is 14.9. The summed E-state index contributed by atoms with van der Waals surface area (Å²) in [7, 11) is 0. The molecule has 0 aliphatic heterocycles. The Morgan fingerprint density at radius 1 is 1.50 bits per heavy atom. The Hall–Kier alpha value is -2.55. The molecule has 1 aromatic carbocycles. The number of hydrogen-bond acceptors (Lipinski definition) is 5. The Kier molecular flexibility index (Phi) is 3.36. The molecule has 1 N–H and O–H groups in total. The molecule has 0 spiro atoms. The Bertz CT molecular complexity index is 705. The highest BCUT2D eigenvalue weighted by atomic mass is 16.6. The number of carbonyl (C=O) groups is 1. The van der Waals surface area contributed by atoms with Gasteiger partial charge in [-0.1, -0.05) is 0 Å². The number of phenols is 1. The normalized spacial score (nSPS) is 11.3. The largest absolute Gasteiger partial charge is 0.508 e. The van der Waals surface area contributed by atoms with Crippen molar-refractivity contribution in [1.29, 1.82) is 5.26 Å². The average Bonchev–Trinajstić information content (AvgIpc) is 2.64. The molecule has 0 saturated carbocycles. The van der Waals surface area contributed by atoms with Crippen LogP contribution in [0.15, 0.2) is 18.2 Å². The molecule has 104 valence electrons. The summed E-state index contributed by atoms with van der Waals surface area (Å²) >= 11 is 0. The Morgan fingerprint density at radius 3 is 2.80 bits per heavy atom. The molecule has 0 aliphatic carbocycles. The van der Waals surface area contributed by atoms with E-state index in [-0.39, 0.29) is 18.0 Å². The molecule has 6 heteroatoms. The zero-order valence-electron chi connectivity index (χ0n) is 11.5. The van der Waals surface area contributed by atoms with Crippen molar-refractivity contribution in [3.63, 3.8) is 0 Å². The van der Waals surface area contributed by atoms with Gasteiger partial charge in [0.25, 0.3) is 0 Å². The summed E-state index contributed by atoms with van der Waals surface area (Å²) in [6.07, 6.45) is 0. The molecule has 6 nitrogen and oxygen atoms in total. The number of fused-ring (bicyclic) bond motifs is 1. The van der Waals surface area contributed by atoms with Gasteiger partial charge in [-0.3, -0.25) is 9.48 Å². The fourth-order valence-corrected chi connectivity index (χ4v) is 1.86. The predicted octanol–water partition coefficient (Wildman–Crippen LogP) is 1.96. The Balaban J connectivity index is 2.38. The van der Waals surface area contributed by atoms with Crippen LogP contribution >= 0.6 is 0 Å². The van der Waals surface area contributed by atoms with Crippen LogP contribution in [0, 0.1) is 11.3 Å². The minimum absolute atomic E-state index is 0.0485. The van der Waals surface area contributed by atoms with E-state index < -0.39 is 11.6 Å². The van der Waals surface area contributed by atoms with Gasteiger partial charge in [-0.15, -0.1) is 0 Å². The molecule has 0 saturated heterocycles. The van der Waals surface area contributed by atoms with Crippen LogP contribution < -0.4 is 0 Å².